The van der Waals surface area contributed by atoms with E-state index >= 15 is 0 Å². The maximum absolute atomic E-state index is 11.1. The van der Waals surface area contributed by atoms with E-state index in [2.05, 4.69) is 15.4 Å². The number of methoxy groups -OCH3 is 1. The number of carbonyl (C=O) groups is 2. The van der Waals surface area contributed by atoms with E-state index in [1.165, 1.54) is 18.4 Å². The van der Waals surface area contributed by atoms with E-state index in [1.54, 1.807) is 29.6 Å². The Morgan fingerprint density at radius 3 is 2.71 bits per heavy atom. The molecule has 1 heterocycles. The van der Waals surface area contributed by atoms with Crippen molar-refractivity contribution in [3.63, 3.8) is 0 Å². The summed E-state index contributed by atoms with van der Waals surface area (Å²) >= 11 is 1.38. The largest absolute Gasteiger partial charge is 0.478 e. The summed E-state index contributed by atoms with van der Waals surface area (Å²) in [6.07, 6.45) is -0.531. The summed E-state index contributed by atoms with van der Waals surface area (Å²) in [6.45, 7) is 0.514. The third-order valence-corrected chi connectivity index (χ3v) is 3.60. The minimum absolute atomic E-state index is 0.290. The van der Waals surface area contributed by atoms with Crippen LogP contribution in [0.25, 0.3) is 0 Å². The Hall–Kier alpha value is -2.54. The predicted octanol–water partition coefficient (Wildman–Crippen LogP) is 3.24. The molecule has 7 heteroatoms. The van der Waals surface area contributed by atoms with Gasteiger partial charge in [0.05, 0.1) is 12.7 Å². The standard InChI is InChI=1S/C14H14N2O4S/c1-20-14(19)16-11-4-2-3-10(6-11)15-7-12-5-9(8-21-12)13(17)18/h2-6,8,15H,7H2,1H3,(H,16,19)(H,17,18). The first-order chi connectivity index (χ1) is 10.1. The van der Waals surface area contributed by atoms with E-state index in [1.807, 2.05) is 6.07 Å². The smallest absolute Gasteiger partial charge is 0.411 e. The van der Waals surface area contributed by atoms with Gasteiger partial charge in [0.15, 0.2) is 0 Å². The second kappa shape index (κ2) is 6.76. The van der Waals surface area contributed by atoms with E-state index in [-0.39, 0.29) is 5.56 Å². The SMILES string of the molecule is COC(=O)Nc1cccc(NCc2cc(C(=O)O)cs2)c1. The van der Waals surface area contributed by atoms with Gasteiger partial charge in [0, 0.05) is 28.2 Å². The number of hydrogen-bond donors (Lipinski definition) is 3. The lowest BCUT2D eigenvalue weighted by atomic mass is 10.2. The van der Waals surface area contributed by atoms with Crippen LogP contribution < -0.4 is 10.6 Å². The van der Waals surface area contributed by atoms with Gasteiger partial charge in [0.2, 0.25) is 0 Å². The number of carboxylic acid groups (broad SMARTS) is 1. The van der Waals surface area contributed by atoms with Crippen molar-refractivity contribution in [2.24, 2.45) is 0 Å². The highest BCUT2D eigenvalue weighted by atomic mass is 32.1. The molecule has 0 aliphatic rings. The Morgan fingerprint density at radius 2 is 2.05 bits per heavy atom. The Kier molecular flexibility index (Phi) is 4.78. The highest BCUT2D eigenvalue weighted by Gasteiger charge is 2.06. The van der Waals surface area contributed by atoms with Crippen LogP contribution in [-0.2, 0) is 11.3 Å². The molecule has 0 saturated carbocycles. The Labute approximate surface area is 125 Å². The first-order valence-corrected chi connectivity index (χ1v) is 6.96. The number of amides is 1. The molecule has 3 N–H and O–H groups in total. The molecule has 2 aromatic rings. The van der Waals surface area contributed by atoms with Crippen molar-refractivity contribution in [2.75, 3.05) is 17.7 Å². The lowest BCUT2D eigenvalue weighted by Crippen LogP contribution is -2.11. The highest BCUT2D eigenvalue weighted by molar-refractivity contribution is 7.10. The zero-order valence-electron chi connectivity index (χ0n) is 11.3. The molecule has 0 aliphatic heterocycles. The number of benzene rings is 1. The number of carboxylic acids is 1. The molecule has 0 aliphatic carbocycles. The minimum Gasteiger partial charge on any atom is -0.478 e. The molecule has 0 bridgehead atoms. The third kappa shape index (κ3) is 4.22. The maximum Gasteiger partial charge on any atom is 0.411 e. The molecular weight excluding hydrogens is 292 g/mol. The van der Waals surface area contributed by atoms with E-state index in [4.69, 9.17) is 5.11 Å². The van der Waals surface area contributed by atoms with Crippen LogP contribution in [0.3, 0.4) is 0 Å². The van der Waals surface area contributed by atoms with Crippen LogP contribution in [0.15, 0.2) is 35.7 Å². The van der Waals surface area contributed by atoms with E-state index in [0.29, 0.717) is 12.2 Å². The van der Waals surface area contributed by atoms with E-state index < -0.39 is 12.1 Å². The van der Waals surface area contributed by atoms with E-state index in [0.717, 1.165) is 10.6 Å². The highest BCUT2D eigenvalue weighted by Crippen LogP contribution is 2.19. The van der Waals surface area contributed by atoms with Crippen LogP contribution in [0.1, 0.15) is 15.2 Å². The molecule has 0 saturated heterocycles. The van der Waals surface area contributed by atoms with Crippen molar-refractivity contribution in [2.45, 2.75) is 6.54 Å². The summed E-state index contributed by atoms with van der Waals surface area (Å²) in [6, 6.07) is 8.80. The molecule has 110 valence electrons. The number of hydrogen-bond acceptors (Lipinski definition) is 5. The number of anilines is 2. The maximum atomic E-state index is 11.1. The van der Waals surface area contributed by atoms with E-state index in [9.17, 15) is 9.59 Å². The number of aromatic carboxylic acids is 1. The van der Waals surface area contributed by atoms with Gasteiger partial charge in [-0.15, -0.1) is 11.3 Å². The number of thiophene rings is 1. The monoisotopic (exact) mass is 306 g/mol. The van der Waals surface area contributed by atoms with Gasteiger partial charge in [0.25, 0.3) is 0 Å². The molecule has 1 aromatic heterocycles. The van der Waals surface area contributed by atoms with Crippen molar-refractivity contribution < 1.29 is 19.4 Å². The Balaban J connectivity index is 1.97. The Bertz CT molecular complexity index is 654. The summed E-state index contributed by atoms with van der Waals surface area (Å²) in [5, 5.41) is 16.2. The van der Waals surface area contributed by atoms with Crippen molar-refractivity contribution >= 4 is 34.8 Å². The first-order valence-electron chi connectivity index (χ1n) is 6.08. The molecule has 0 fully saturated rings. The number of rotatable bonds is 5. The summed E-state index contributed by atoms with van der Waals surface area (Å²) < 4.78 is 4.52. The quantitative estimate of drug-likeness (QED) is 0.789. The van der Waals surface area contributed by atoms with Crippen LogP contribution in [0.5, 0.6) is 0 Å². The first kappa shape index (κ1) is 14.9. The summed E-state index contributed by atoms with van der Waals surface area (Å²) in [4.78, 5) is 22.8. The molecule has 6 nitrogen and oxygen atoms in total. The zero-order chi connectivity index (χ0) is 15.2. The fourth-order valence-electron chi connectivity index (χ4n) is 1.65. The number of carbonyl (C=O) groups excluding carboxylic acids is 1. The van der Waals surface area contributed by atoms with Crippen LogP contribution in [0.4, 0.5) is 16.2 Å². The average molecular weight is 306 g/mol. The fraction of sp³-hybridized carbons (Fsp3) is 0.143. The number of ether oxygens (including phenoxy) is 1. The lowest BCUT2D eigenvalue weighted by Gasteiger charge is -2.08. The van der Waals surface area contributed by atoms with Gasteiger partial charge in [-0.05, 0) is 24.3 Å². The molecule has 1 aromatic carbocycles. The molecule has 1 amide bonds. The minimum atomic E-state index is -0.929. The van der Waals surface area contributed by atoms with Crippen LogP contribution in [-0.4, -0.2) is 24.3 Å². The number of nitrogens with one attached hydrogen (secondary N) is 2. The normalized spacial score (nSPS) is 9.95. The van der Waals surface area contributed by atoms with Crippen molar-refractivity contribution in [3.05, 3.63) is 46.2 Å². The van der Waals surface area contributed by atoms with Gasteiger partial charge in [-0.1, -0.05) is 6.07 Å². The second-order valence-corrected chi connectivity index (χ2v) is 5.15. The predicted molar refractivity (Wildman–Crippen MR) is 81.1 cm³/mol. The molecule has 0 spiro atoms. The van der Waals surface area contributed by atoms with Crippen LogP contribution in [0.2, 0.25) is 0 Å². The third-order valence-electron chi connectivity index (χ3n) is 2.66. The van der Waals surface area contributed by atoms with Gasteiger partial charge in [-0.2, -0.15) is 0 Å². The van der Waals surface area contributed by atoms with Crippen LogP contribution >= 0.6 is 11.3 Å². The van der Waals surface area contributed by atoms with Crippen molar-refractivity contribution in [1.29, 1.82) is 0 Å². The fourth-order valence-corrected chi connectivity index (χ4v) is 2.45. The molecular formula is C14H14N2O4S. The molecule has 21 heavy (non-hydrogen) atoms. The van der Waals surface area contributed by atoms with Gasteiger partial charge in [-0.3, -0.25) is 5.32 Å². The second-order valence-electron chi connectivity index (χ2n) is 4.16. The van der Waals surface area contributed by atoms with Gasteiger partial charge in [0.1, 0.15) is 0 Å². The van der Waals surface area contributed by atoms with Gasteiger partial charge < -0.3 is 15.2 Å². The van der Waals surface area contributed by atoms with Crippen molar-refractivity contribution in [3.8, 4) is 0 Å². The van der Waals surface area contributed by atoms with Gasteiger partial charge >= 0.3 is 12.1 Å². The zero-order valence-corrected chi connectivity index (χ0v) is 12.1. The van der Waals surface area contributed by atoms with Crippen molar-refractivity contribution in [1.82, 2.24) is 0 Å². The Morgan fingerprint density at radius 1 is 1.29 bits per heavy atom. The molecule has 0 unspecified atom stereocenters. The summed E-state index contributed by atoms with van der Waals surface area (Å²) in [5.41, 5.74) is 1.72. The van der Waals surface area contributed by atoms with Gasteiger partial charge in [-0.25, -0.2) is 9.59 Å². The topological polar surface area (TPSA) is 87.7 Å². The molecule has 2 rings (SSSR count). The molecule has 0 radical (unpaired) electrons. The average Bonchev–Trinajstić information content (AvgIpc) is 2.94. The summed E-state index contributed by atoms with van der Waals surface area (Å²) in [5.74, 6) is -0.929. The summed E-state index contributed by atoms with van der Waals surface area (Å²) in [7, 11) is 1.30. The lowest BCUT2D eigenvalue weighted by molar-refractivity contribution is 0.0697. The van der Waals surface area contributed by atoms with Crippen LogP contribution in [0, 0.1) is 0 Å². The molecule has 0 atom stereocenters.